The van der Waals surface area contributed by atoms with Crippen molar-refractivity contribution in [2.45, 2.75) is 27.4 Å². The molecule has 0 aliphatic heterocycles. The number of ether oxygens (including phenoxy) is 2. The molecular weight excluding hydrogens is 389 g/mol. The highest BCUT2D eigenvalue weighted by atomic mass is 19.1. The van der Waals surface area contributed by atoms with Crippen LogP contribution in [0.15, 0.2) is 48.5 Å². The minimum absolute atomic E-state index is 0.00433. The number of likely N-dealkylation sites (N-methyl/N-ethyl adjacent to an activating group) is 1. The smallest absolute Gasteiger partial charge is 0.341 e. The topological polar surface area (TPSA) is 76.1 Å². The fourth-order valence-corrected chi connectivity index (χ4v) is 2.78. The average Bonchev–Trinajstić information content (AvgIpc) is 2.72. The maximum Gasteiger partial charge on any atom is 0.341 e. The van der Waals surface area contributed by atoms with Crippen molar-refractivity contribution in [3.05, 3.63) is 65.5 Å². The summed E-state index contributed by atoms with van der Waals surface area (Å²) in [6.07, 6.45) is 1.52. The molecule has 0 atom stereocenters. The molecule has 7 heteroatoms. The summed E-state index contributed by atoms with van der Waals surface area (Å²) in [5.74, 6) is -0.959. The second-order valence-corrected chi connectivity index (χ2v) is 6.59. The third-order valence-electron chi connectivity index (χ3n) is 4.46. The third kappa shape index (κ3) is 6.62. The van der Waals surface area contributed by atoms with Crippen molar-refractivity contribution in [1.82, 2.24) is 4.90 Å². The van der Waals surface area contributed by atoms with Gasteiger partial charge in [-0.25, -0.2) is 9.18 Å². The fourth-order valence-electron chi connectivity index (χ4n) is 2.78. The van der Waals surface area contributed by atoms with E-state index in [0.717, 1.165) is 0 Å². The van der Waals surface area contributed by atoms with Gasteiger partial charge in [0.2, 0.25) is 5.91 Å². The van der Waals surface area contributed by atoms with Crippen molar-refractivity contribution >= 4 is 17.4 Å². The normalized spacial score (nSPS) is 11.1. The SMILES string of the molecule is CCN(CC)C(=O)C=C(C)c1cc(OCC(=O)O)cc(OCc2ccccc2F)c1. The van der Waals surface area contributed by atoms with Gasteiger partial charge in [-0.1, -0.05) is 18.2 Å². The van der Waals surface area contributed by atoms with Gasteiger partial charge in [0.05, 0.1) is 0 Å². The number of aliphatic carboxylic acids is 1. The number of carbonyl (C=O) groups is 2. The molecule has 1 N–H and O–H groups in total. The van der Waals surface area contributed by atoms with E-state index in [1.54, 1.807) is 42.2 Å². The lowest BCUT2D eigenvalue weighted by atomic mass is 10.1. The van der Waals surface area contributed by atoms with E-state index in [1.807, 2.05) is 13.8 Å². The van der Waals surface area contributed by atoms with Crippen molar-refractivity contribution in [3.8, 4) is 11.5 Å². The Morgan fingerprint density at radius 3 is 2.30 bits per heavy atom. The average molecular weight is 415 g/mol. The number of carbonyl (C=O) groups excluding carboxylic acids is 1. The molecule has 0 fully saturated rings. The van der Waals surface area contributed by atoms with Crippen LogP contribution in [0.1, 0.15) is 31.9 Å². The summed E-state index contributed by atoms with van der Waals surface area (Å²) >= 11 is 0. The molecule has 2 aromatic carbocycles. The lowest BCUT2D eigenvalue weighted by Crippen LogP contribution is -2.28. The number of hydrogen-bond donors (Lipinski definition) is 1. The Kier molecular flexibility index (Phi) is 8.41. The van der Waals surface area contributed by atoms with E-state index >= 15 is 0 Å². The fraction of sp³-hybridized carbons (Fsp3) is 0.304. The molecule has 0 spiro atoms. The van der Waals surface area contributed by atoms with Gasteiger partial charge in [0, 0.05) is 30.8 Å². The van der Waals surface area contributed by atoms with Gasteiger partial charge in [0.1, 0.15) is 23.9 Å². The predicted octanol–water partition coefficient (Wildman–Crippen LogP) is 4.14. The lowest BCUT2D eigenvalue weighted by Gasteiger charge is -2.17. The van der Waals surface area contributed by atoms with Crippen LogP contribution in [0.25, 0.3) is 5.57 Å². The molecule has 0 saturated carbocycles. The third-order valence-corrected chi connectivity index (χ3v) is 4.46. The van der Waals surface area contributed by atoms with Gasteiger partial charge in [0.15, 0.2) is 6.61 Å². The van der Waals surface area contributed by atoms with Gasteiger partial charge in [0.25, 0.3) is 0 Å². The summed E-state index contributed by atoms with van der Waals surface area (Å²) in [5, 5.41) is 8.88. The first-order valence-electron chi connectivity index (χ1n) is 9.67. The Morgan fingerprint density at radius 2 is 1.70 bits per heavy atom. The highest BCUT2D eigenvalue weighted by molar-refractivity contribution is 5.95. The highest BCUT2D eigenvalue weighted by Crippen LogP contribution is 2.28. The number of allylic oxidation sites excluding steroid dienone is 1. The van der Waals surface area contributed by atoms with Gasteiger partial charge in [-0.2, -0.15) is 0 Å². The van der Waals surface area contributed by atoms with Crippen LogP contribution in [-0.4, -0.2) is 41.6 Å². The van der Waals surface area contributed by atoms with Crippen molar-refractivity contribution in [1.29, 1.82) is 0 Å². The van der Waals surface area contributed by atoms with Gasteiger partial charge in [-0.05, 0) is 50.1 Å². The molecule has 160 valence electrons. The molecule has 6 nitrogen and oxygen atoms in total. The van der Waals surface area contributed by atoms with Crippen molar-refractivity contribution in [2.75, 3.05) is 19.7 Å². The number of benzene rings is 2. The minimum Gasteiger partial charge on any atom is -0.489 e. The van der Waals surface area contributed by atoms with E-state index in [4.69, 9.17) is 14.6 Å². The number of carboxylic acids is 1. The standard InChI is InChI=1S/C23H26FNO5/c1-4-25(5-2)22(26)10-16(3)18-11-19(13-20(12-18)30-15-23(27)28)29-14-17-8-6-7-9-21(17)24/h6-13H,4-5,14-15H2,1-3H3,(H,27,28). The Hall–Kier alpha value is -3.35. The first kappa shape index (κ1) is 22.9. The van der Waals surface area contributed by atoms with Crippen molar-refractivity contribution in [2.24, 2.45) is 0 Å². The number of nitrogens with zero attached hydrogens (tertiary/aromatic N) is 1. The number of amides is 1. The molecule has 1 amide bonds. The summed E-state index contributed by atoms with van der Waals surface area (Å²) in [6, 6.07) is 11.2. The Labute approximate surface area is 175 Å². The molecule has 0 radical (unpaired) electrons. The number of hydrogen-bond acceptors (Lipinski definition) is 4. The van der Waals surface area contributed by atoms with Crippen LogP contribution < -0.4 is 9.47 Å². The molecule has 0 aromatic heterocycles. The zero-order chi connectivity index (χ0) is 22.1. The second-order valence-electron chi connectivity index (χ2n) is 6.59. The first-order valence-corrected chi connectivity index (χ1v) is 9.67. The molecule has 30 heavy (non-hydrogen) atoms. The van der Waals surface area contributed by atoms with E-state index in [9.17, 15) is 14.0 Å². The van der Waals surface area contributed by atoms with Gasteiger partial charge in [-0.3, -0.25) is 4.79 Å². The van der Waals surface area contributed by atoms with E-state index in [1.165, 1.54) is 18.2 Å². The van der Waals surface area contributed by atoms with Crippen LogP contribution in [0.3, 0.4) is 0 Å². The molecular formula is C23H26FNO5. The number of carboxylic acid groups (broad SMARTS) is 1. The van der Waals surface area contributed by atoms with Crippen molar-refractivity contribution < 1.29 is 28.6 Å². The van der Waals surface area contributed by atoms with Crippen LogP contribution in [0, 0.1) is 5.82 Å². The largest absolute Gasteiger partial charge is 0.489 e. The van der Waals surface area contributed by atoms with Crippen molar-refractivity contribution in [3.63, 3.8) is 0 Å². The molecule has 0 aliphatic carbocycles. The molecule has 2 aromatic rings. The van der Waals surface area contributed by atoms with Crippen LogP contribution in [0.2, 0.25) is 0 Å². The summed E-state index contributed by atoms with van der Waals surface area (Å²) in [5.41, 5.74) is 1.70. The van der Waals surface area contributed by atoms with Crippen LogP contribution >= 0.6 is 0 Å². The Balaban J connectivity index is 2.30. The zero-order valence-corrected chi connectivity index (χ0v) is 17.4. The molecule has 0 unspecified atom stereocenters. The molecule has 2 rings (SSSR count). The lowest BCUT2D eigenvalue weighted by molar-refractivity contribution is -0.139. The van der Waals surface area contributed by atoms with E-state index in [0.29, 0.717) is 35.5 Å². The van der Waals surface area contributed by atoms with Gasteiger partial charge in [-0.15, -0.1) is 0 Å². The number of halogens is 1. The van der Waals surface area contributed by atoms with E-state index in [2.05, 4.69) is 0 Å². The maximum atomic E-state index is 13.9. The minimum atomic E-state index is -1.11. The molecule has 0 bridgehead atoms. The summed E-state index contributed by atoms with van der Waals surface area (Å²) < 4.78 is 24.9. The Bertz CT molecular complexity index is 922. The summed E-state index contributed by atoms with van der Waals surface area (Å²) in [7, 11) is 0. The first-order chi connectivity index (χ1) is 14.3. The van der Waals surface area contributed by atoms with Crippen LogP contribution in [-0.2, 0) is 16.2 Å². The molecule has 0 aliphatic rings. The van der Waals surface area contributed by atoms with Gasteiger partial charge >= 0.3 is 5.97 Å². The zero-order valence-electron chi connectivity index (χ0n) is 17.4. The van der Waals surface area contributed by atoms with Crippen LogP contribution in [0.4, 0.5) is 4.39 Å². The highest BCUT2D eigenvalue weighted by Gasteiger charge is 2.11. The van der Waals surface area contributed by atoms with E-state index < -0.39 is 12.6 Å². The number of rotatable bonds is 10. The van der Waals surface area contributed by atoms with Gasteiger partial charge < -0.3 is 19.5 Å². The Morgan fingerprint density at radius 1 is 1.07 bits per heavy atom. The maximum absolute atomic E-state index is 13.9. The summed E-state index contributed by atoms with van der Waals surface area (Å²) in [4.78, 5) is 24.9. The van der Waals surface area contributed by atoms with Crippen LogP contribution in [0.5, 0.6) is 11.5 Å². The predicted molar refractivity (Wildman–Crippen MR) is 112 cm³/mol. The monoisotopic (exact) mass is 415 g/mol. The van der Waals surface area contributed by atoms with E-state index in [-0.39, 0.29) is 24.1 Å². The summed E-state index contributed by atoms with van der Waals surface area (Å²) in [6.45, 7) is 6.25. The molecule has 0 heterocycles. The quantitative estimate of drug-likeness (QED) is 0.590. The second kappa shape index (κ2) is 11.0. The molecule has 0 saturated heterocycles.